The lowest BCUT2D eigenvalue weighted by molar-refractivity contribution is -0.385. The molecule has 7 heteroatoms. The SMILES string of the molecule is CC1CN(Cn2cc([N+](=O)[O-])cn2)C(C)CO1. The molecule has 2 rings (SSSR count). The summed E-state index contributed by atoms with van der Waals surface area (Å²) in [6.45, 7) is 6.15. The van der Waals surface area contributed by atoms with Gasteiger partial charge in [0.05, 0.1) is 24.3 Å². The first kappa shape index (κ1) is 12.0. The van der Waals surface area contributed by atoms with Gasteiger partial charge < -0.3 is 4.74 Å². The van der Waals surface area contributed by atoms with Gasteiger partial charge >= 0.3 is 5.69 Å². The van der Waals surface area contributed by atoms with Gasteiger partial charge in [-0.3, -0.25) is 19.7 Å². The standard InChI is InChI=1S/C10H16N4O3/c1-8-6-17-9(2)4-12(8)7-13-5-10(3-11-13)14(15)16/h3,5,8-9H,4,6-7H2,1-2H3. The number of nitrogens with zero attached hydrogens (tertiary/aromatic N) is 4. The quantitative estimate of drug-likeness (QED) is 0.578. The summed E-state index contributed by atoms with van der Waals surface area (Å²) >= 11 is 0. The third-order valence-corrected chi connectivity index (χ3v) is 2.89. The monoisotopic (exact) mass is 240 g/mol. The Bertz CT molecular complexity index is 406. The molecular weight excluding hydrogens is 224 g/mol. The molecule has 1 fully saturated rings. The molecule has 2 unspecified atom stereocenters. The summed E-state index contributed by atoms with van der Waals surface area (Å²) in [5.41, 5.74) is 0.0268. The molecular formula is C10H16N4O3. The first-order valence-corrected chi connectivity index (χ1v) is 5.58. The Morgan fingerprint density at radius 3 is 3.06 bits per heavy atom. The minimum atomic E-state index is -0.436. The van der Waals surface area contributed by atoms with Crippen LogP contribution in [0.4, 0.5) is 5.69 Å². The molecule has 0 N–H and O–H groups in total. The number of nitro groups is 1. The molecule has 0 radical (unpaired) electrons. The molecule has 1 saturated heterocycles. The van der Waals surface area contributed by atoms with Crippen LogP contribution in [0.2, 0.25) is 0 Å². The van der Waals surface area contributed by atoms with E-state index in [-0.39, 0.29) is 11.8 Å². The molecule has 17 heavy (non-hydrogen) atoms. The Morgan fingerprint density at radius 1 is 1.65 bits per heavy atom. The number of ether oxygens (including phenoxy) is 1. The molecule has 1 aromatic rings. The van der Waals surface area contributed by atoms with E-state index < -0.39 is 4.92 Å². The van der Waals surface area contributed by atoms with Crippen LogP contribution in [-0.4, -0.2) is 44.9 Å². The van der Waals surface area contributed by atoms with Gasteiger partial charge in [-0.1, -0.05) is 0 Å². The van der Waals surface area contributed by atoms with Crippen molar-refractivity contribution in [1.29, 1.82) is 0 Å². The lowest BCUT2D eigenvalue weighted by Gasteiger charge is -2.36. The van der Waals surface area contributed by atoms with E-state index in [4.69, 9.17) is 4.74 Å². The second kappa shape index (κ2) is 4.80. The van der Waals surface area contributed by atoms with Crippen LogP contribution >= 0.6 is 0 Å². The zero-order valence-electron chi connectivity index (χ0n) is 9.94. The number of rotatable bonds is 3. The average molecular weight is 240 g/mol. The third-order valence-electron chi connectivity index (χ3n) is 2.89. The summed E-state index contributed by atoms with van der Waals surface area (Å²) in [6.07, 6.45) is 2.92. The predicted molar refractivity (Wildman–Crippen MR) is 60.5 cm³/mol. The van der Waals surface area contributed by atoms with Crippen molar-refractivity contribution in [2.45, 2.75) is 32.7 Å². The van der Waals surface area contributed by atoms with Gasteiger partial charge in [0, 0.05) is 12.6 Å². The minimum Gasteiger partial charge on any atom is -0.376 e. The molecule has 0 aromatic carbocycles. The lowest BCUT2D eigenvalue weighted by Crippen LogP contribution is -2.47. The van der Waals surface area contributed by atoms with Crippen molar-refractivity contribution in [3.63, 3.8) is 0 Å². The van der Waals surface area contributed by atoms with Crippen molar-refractivity contribution < 1.29 is 9.66 Å². The number of aromatic nitrogens is 2. The molecule has 1 aliphatic heterocycles. The largest absolute Gasteiger partial charge is 0.376 e. The van der Waals surface area contributed by atoms with Crippen LogP contribution in [0.1, 0.15) is 13.8 Å². The highest BCUT2D eigenvalue weighted by molar-refractivity contribution is 5.20. The molecule has 0 spiro atoms. The smallest absolute Gasteiger partial charge is 0.307 e. The molecule has 0 amide bonds. The second-order valence-corrected chi connectivity index (χ2v) is 4.40. The van der Waals surface area contributed by atoms with Gasteiger partial charge in [0.2, 0.25) is 0 Å². The molecule has 1 aliphatic rings. The van der Waals surface area contributed by atoms with Crippen molar-refractivity contribution in [3.8, 4) is 0 Å². The van der Waals surface area contributed by atoms with Crippen molar-refractivity contribution in [3.05, 3.63) is 22.5 Å². The van der Waals surface area contributed by atoms with Gasteiger partial charge in [-0.2, -0.15) is 5.10 Å². The minimum absolute atomic E-state index is 0.0268. The molecule has 0 saturated carbocycles. The predicted octanol–water partition coefficient (Wildman–Crippen LogP) is 0.858. The summed E-state index contributed by atoms with van der Waals surface area (Å²) in [7, 11) is 0. The highest BCUT2D eigenvalue weighted by Gasteiger charge is 2.24. The van der Waals surface area contributed by atoms with E-state index >= 15 is 0 Å². The Hall–Kier alpha value is -1.47. The fourth-order valence-electron chi connectivity index (χ4n) is 1.88. The molecule has 94 valence electrons. The number of hydrogen-bond acceptors (Lipinski definition) is 5. The van der Waals surface area contributed by atoms with E-state index in [2.05, 4.69) is 16.9 Å². The van der Waals surface area contributed by atoms with E-state index in [0.717, 1.165) is 6.54 Å². The summed E-state index contributed by atoms with van der Waals surface area (Å²) in [6, 6.07) is 0.300. The van der Waals surface area contributed by atoms with Crippen LogP contribution in [0.15, 0.2) is 12.4 Å². The Kier molecular flexibility index (Phi) is 3.39. The van der Waals surface area contributed by atoms with E-state index in [1.54, 1.807) is 4.68 Å². The first-order valence-electron chi connectivity index (χ1n) is 5.58. The molecule has 0 bridgehead atoms. The van der Waals surface area contributed by atoms with Crippen LogP contribution in [0.5, 0.6) is 0 Å². The van der Waals surface area contributed by atoms with E-state index in [9.17, 15) is 10.1 Å². The van der Waals surface area contributed by atoms with Crippen molar-refractivity contribution in [1.82, 2.24) is 14.7 Å². The Labute approximate surface area is 99.1 Å². The van der Waals surface area contributed by atoms with Crippen LogP contribution in [0.25, 0.3) is 0 Å². The first-order chi connectivity index (χ1) is 8.06. The average Bonchev–Trinajstić information content (AvgIpc) is 2.72. The van der Waals surface area contributed by atoms with Gasteiger partial charge in [-0.05, 0) is 13.8 Å². The Balaban J connectivity index is 2.01. The van der Waals surface area contributed by atoms with Gasteiger partial charge in [0.15, 0.2) is 0 Å². The second-order valence-electron chi connectivity index (χ2n) is 4.40. The lowest BCUT2D eigenvalue weighted by atomic mass is 10.2. The summed E-state index contributed by atoms with van der Waals surface area (Å²) in [5.74, 6) is 0. The van der Waals surface area contributed by atoms with Crippen LogP contribution in [0, 0.1) is 10.1 Å². The fraction of sp³-hybridized carbons (Fsp3) is 0.700. The molecule has 0 aliphatic carbocycles. The fourth-order valence-corrected chi connectivity index (χ4v) is 1.88. The highest BCUT2D eigenvalue weighted by atomic mass is 16.6. The van der Waals surface area contributed by atoms with Crippen molar-refractivity contribution in [2.24, 2.45) is 0 Å². The van der Waals surface area contributed by atoms with Gasteiger partial charge in [-0.15, -0.1) is 0 Å². The van der Waals surface area contributed by atoms with Gasteiger partial charge in [0.1, 0.15) is 12.4 Å². The third kappa shape index (κ3) is 2.80. The summed E-state index contributed by atoms with van der Waals surface area (Å²) < 4.78 is 7.11. The van der Waals surface area contributed by atoms with Crippen LogP contribution in [0.3, 0.4) is 0 Å². The molecule has 2 heterocycles. The zero-order valence-corrected chi connectivity index (χ0v) is 9.94. The number of hydrogen-bond donors (Lipinski definition) is 0. The van der Waals surface area contributed by atoms with E-state index in [1.807, 2.05) is 6.92 Å². The molecule has 1 aromatic heterocycles. The van der Waals surface area contributed by atoms with Crippen LogP contribution < -0.4 is 0 Å². The molecule has 7 nitrogen and oxygen atoms in total. The van der Waals surface area contributed by atoms with Gasteiger partial charge in [-0.25, -0.2) is 0 Å². The van der Waals surface area contributed by atoms with Gasteiger partial charge in [0.25, 0.3) is 0 Å². The topological polar surface area (TPSA) is 73.4 Å². The van der Waals surface area contributed by atoms with Crippen molar-refractivity contribution in [2.75, 3.05) is 13.2 Å². The Morgan fingerprint density at radius 2 is 2.41 bits per heavy atom. The van der Waals surface area contributed by atoms with Crippen LogP contribution in [-0.2, 0) is 11.4 Å². The number of morpholine rings is 1. The molecule has 2 atom stereocenters. The maximum Gasteiger partial charge on any atom is 0.307 e. The normalized spacial score (nSPS) is 26.0. The van der Waals surface area contributed by atoms with E-state index in [0.29, 0.717) is 19.3 Å². The summed E-state index contributed by atoms with van der Waals surface area (Å²) in [4.78, 5) is 12.3. The maximum absolute atomic E-state index is 10.5. The van der Waals surface area contributed by atoms with Crippen molar-refractivity contribution >= 4 is 5.69 Å². The summed E-state index contributed by atoms with van der Waals surface area (Å²) in [5, 5.41) is 14.5. The maximum atomic E-state index is 10.5. The van der Waals surface area contributed by atoms with E-state index in [1.165, 1.54) is 12.4 Å². The zero-order chi connectivity index (χ0) is 12.4. The highest BCUT2D eigenvalue weighted by Crippen LogP contribution is 2.14.